The molecule has 0 unspecified atom stereocenters. The molecule has 394 valence electrons. The summed E-state index contributed by atoms with van der Waals surface area (Å²) in [5.74, 6) is 5.86. The molecule has 2 radical (unpaired) electrons. The van der Waals surface area contributed by atoms with Gasteiger partial charge in [-0.05, 0) is 49.9 Å². The van der Waals surface area contributed by atoms with Crippen molar-refractivity contribution in [2.75, 3.05) is 60.2 Å². The summed E-state index contributed by atoms with van der Waals surface area (Å²) in [5.41, 5.74) is 0.732. The Bertz CT molecular complexity index is 2170. The number of phenolic OH excluding ortho intramolecular Hbond substituents is 4. The van der Waals surface area contributed by atoms with E-state index in [9.17, 15) is 40.9 Å². The Hall–Kier alpha value is -3.58. The molecule has 18 nitrogen and oxygen atoms in total. The molecule has 4 fully saturated rings. The van der Waals surface area contributed by atoms with Crippen molar-refractivity contribution in [2.24, 2.45) is 40.8 Å². The van der Waals surface area contributed by atoms with Crippen molar-refractivity contribution in [2.45, 2.75) is 25.7 Å². The zero-order chi connectivity index (χ0) is 52.4. The van der Waals surface area contributed by atoms with Crippen LogP contribution in [-0.2, 0) is 34.7 Å². The molecular formula is C46H50Cr2N8O10S8. The average molecular weight is 1240 g/mol. The number of hydrogen-bond donors (Lipinski definition) is 4. The van der Waals surface area contributed by atoms with Gasteiger partial charge in [0.1, 0.15) is 23.0 Å². The van der Waals surface area contributed by atoms with Gasteiger partial charge in [0.05, 0.1) is 0 Å². The van der Waals surface area contributed by atoms with E-state index in [4.69, 9.17) is 10.2 Å². The number of nitrogens with zero attached hydrogens (tertiary/aromatic N) is 8. The summed E-state index contributed by atoms with van der Waals surface area (Å²) in [4.78, 5) is 0. The molecule has 0 saturated carbocycles. The third kappa shape index (κ3) is 26.5. The summed E-state index contributed by atoms with van der Waals surface area (Å²) in [7, 11) is 1.50. The molecule has 0 bridgehead atoms. The average Bonchev–Trinajstić information content (AvgIpc) is 3.43. The van der Waals surface area contributed by atoms with Gasteiger partial charge in [-0.2, -0.15) is 34.6 Å². The van der Waals surface area contributed by atoms with E-state index >= 15 is 0 Å². The Morgan fingerprint density at radius 1 is 0.324 bits per heavy atom. The van der Waals surface area contributed by atoms with Crippen LogP contribution in [0.25, 0.3) is 0 Å². The smallest absolute Gasteiger partial charge is 0.857 e. The van der Waals surface area contributed by atoms with E-state index in [1.807, 2.05) is 0 Å². The Morgan fingerprint density at radius 2 is 0.486 bits per heavy atom. The first-order valence-corrected chi connectivity index (χ1v) is 29.3. The zero-order valence-electron chi connectivity index (χ0n) is 39.6. The number of hydrogen-bond acceptors (Lipinski definition) is 26. The van der Waals surface area contributed by atoms with Crippen LogP contribution in [0.1, 0.15) is 47.9 Å². The first kappa shape index (κ1) is 68.4. The zero-order valence-corrected chi connectivity index (χ0v) is 48.7. The number of benzene rings is 4. The minimum atomic E-state index is -0.512. The summed E-state index contributed by atoms with van der Waals surface area (Å²) in [6.07, 6.45) is 4.62. The van der Waals surface area contributed by atoms with Gasteiger partial charge in [-0.25, -0.2) is 0 Å². The van der Waals surface area contributed by atoms with E-state index in [1.54, 1.807) is 143 Å². The molecule has 8 rings (SSSR count). The third-order valence-corrected chi connectivity index (χ3v) is 17.8. The van der Waals surface area contributed by atoms with Crippen LogP contribution in [0.4, 0.5) is 0 Å². The molecule has 4 saturated heterocycles. The number of aromatic hydroxyl groups is 4. The second-order valence-corrected chi connectivity index (χ2v) is 23.1. The summed E-state index contributed by atoms with van der Waals surface area (Å²) in [5, 5.41) is 131. The minimum absolute atomic E-state index is 0. The molecule has 4 aliphatic heterocycles. The summed E-state index contributed by atoms with van der Waals surface area (Å²) in [6.45, 7) is 0. The van der Waals surface area contributed by atoms with Gasteiger partial charge in [-0.1, -0.05) is 167 Å². The van der Waals surface area contributed by atoms with E-state index in [-0.39, 0.29) is 80.0 Å². The van der Waals surface area contributed by atoms with Crippen LogP contribution < -0.4 is 30.6 Å². The Labute approximate surface area is 485 Å². The number of para-hydroxylation sites is 4. The van der Waals surface area contributed by atoms with Gasteiger partial charge in [0, 0.05) is 91.9 Å². The molecule has 4 aliphatic rings. The first-order valence-electron chi connectivity index (χ1n) is 21.4. The van der Waals surface area contributed by atoms with Crippen LogP contribution in [0.5, 0.6) is 23.0 Å². The largest absolute Gasteiger partial charge is 3.00 e. The maximum absolute atomic E-state index is 11.7. The van der Waals surface area contributed by atoms with E-state index in [2.05, 4.69) is 40.8 Å². The van der Waals surface area contributed by atoms with Gasteiger partial charge in [0.25, 0.3) is 0 Å². The Balaban J connectivity index is 0.000000478. The van der Waals surface area contributed by atoms with Crippen molar-refractivity contribution < 1.29 is 85.8 Å². The molecule has 0 aliphatic carbocycles. The topological polar surface area (TPSA) is 318 Å². The van der Waals surface area contributed by atoms with Gasteiger partial charge >= 0.3 is 34.7 Å². The molecule has 4 N–H and O–H groups in total. The van der Waals surface area contributed by atoms with Crippen molar-refractivity contribution in [3.05, 3.63) is 119 Å². The maximum atomic E-state index is 11.7. The quantitative estimate of drug-likeness (QED) is 0.107. The molecule has 0 amide bonds. The molecule has 0 aromatic heterocycles. The molecule has 4 heterocycles. The minimum Gasteiger partial charge on any atom is -0.857 e. The molecule has 28 heteroatoms. The fraction of sp³-hybridized carbons (Fsp3) is 0.304. The second-order valence-electron chi connectivity index (χ2n) is 13.4. The maximum Gasteiger partial charge on any atom is 3.00 e. The fourth-order valence-corrected chi connectivity index (χ4v) is 13.6. The van der Waals surface area contributed by atoms with Crippen LogP contribution in [-0.4, -0.2) is 122 Å². The van der Waals surface area contributed by atoms with Gasteiger partial charge in [-0.15, -0.1) is 20.4 Å². The van der Waals surface area contributed by atoms with Crippen molar-refractivity contribution in [1.29, 1.82) is 0 Å². The van der Waals surface area contributed by atoms with Crippen molar-refractivity contribution >= 4 is 135 Å². The van der Waals surface area contributed by atoms with Crippen LogP contribution in [0.3, 0.4) is 0 Å². The molecule has 0 spiro atoms. The Kier molecular flexibility index (Phi) is 38.4. The second kappa shape index (κ2) is 41.6. The SMILES string of the molecule is C[O-].C[O-].[Cr+3].[Cr+3].[O-]/C(=N\N=C1SCCCS1)c1ccccc1O.[O-]/C(=N\N=C1SCCCS1)c1ccccc1O.[O-]/C(=N\N=C1SCCCS1)c1ccccc1O.[O-]/C(=N\N=C1SCCCS1)c1ccccc1O. The number of phenols is 4. The number of thioether (sulfide) groups is 8. The van der Waals surface area contributed by atoms with Crippen molar-refractivity contribution in [1.82, 2.24) is 0 Å². The molecule has 0 atom stereocenters. The van der Waals surface area contributed by atoms with Crippen molar-refractivity contribution in [3.63, 3.8) is 0 Å². The van der Waals surface area contributed by atoms with E-state index in [0.717, 1.165) is 103 Å². The normalized spacial score (nSPS) is 15.7. The molecule has 4 aromatic carbocycles. The molecular weight excluding hydrogens is 1190 g/mol. The third-order valence-electron chi connectivity index (χ3n) is 8.39. The monoisotopic (exact) mass is 1230 g/mol. The predicted octanol–water partition coefficient (Wildman–Crippen LogP) is 4.51. The summed E-state index contributed by atoms with van der Waals surface area (Å²) < 4.78 is 3.28. The fourth-order valence-electron chi connectivity index (χ4n) is 5.09. The standard InChI is InChI=1S/4C11H12N2O2S2.2CH3O.2Cr/c4*14-9-5-2-1-4-8(9)10(15)12-13-11-16-6-3-7-17-11;2*1-2;;/h4*1-2,4-5,14H,3,6-7H2,(H,12,15);2*1H3;;/q;;;;2*-1;2*+3/p-4. The summed E-state index contributed by atoms with van der Waals surface area (Å²) >= 11 is 12.9. The first-order chi connectivity index (χ1) is 35.1. The van der Waals surface area contributed by atoms with E-state index in [0.29, 0.717) is 0 Å². The predicted molar refractivity (Wildman–Crippen MR) is 298 cm³/mol. The van der Waals surface area contributed by atoms with Gasteiger partial charge in [-0.3, -0.25) is 0 Å². The van der Waals surface area contributed by atoms with E-state index in [1.165, 1.54) is 48.5 Å². The molecule has 4 aromatic rings. The van der Waals surface area contributed by atoms with Crippen LogP contribution in [0.15, 0.2) is 138 Å². The van der Waals surface area contributed by atoms with Crippen LogP contribution in [0.2, 0.25) is 0 Å². The van der Waals surface area contributed by atoms with Gasteiger partial charge in [0.2, 0.25) is 0 Å². The van der Waals surface area contributed by atoms with Gasteiger partial charge in [0.15, 0.2) is 17.5 Å². The number of rotatable bonds is 8. The Morgan fingerprint density at radius 3 is 0.649 bits per heavy atom. The summed E-state index contributed by atoms with van der Waals surface area (Å²) in [6, 6.07) is 25.3. The molecule has 74 heavy (non-hydrogen) atoms. The van der Waals surface area contributed by atoms with Crippen molar-refractivity contribution in [3.8, 4) is 23.0 Å². The van der Waals surface area contributed by atoms with Gasteiger partial charge < -0.3 is 51.1 Å². The van der Waals surface area contributed by atoms with E-state index < -0.39 is 23.6 Å². The van der Waals surface area contributed by atoms with Crippen LogP contribution in [0, 0.1) is 0 Å². The van der Waals surface area contributed by atoms with Crippen LogP contribution >= 0.6 is 94.1 Å².